The molecule has 2 amide bonds. The van der Waals surface area contributed by atoms with Crippen molar-refractivity contribution in [2.24, 2.45) is 0 Å². The lowest BCUT2D eigenvalue weighted by Crippen LogP contribution is -2.30. The fraction of sp³-hybridized carbons (Fsp3) is 0.100. The van der Waals surface area contributed by atoms with Crippen molar-refractivity contribution in [1.82, 2.24) is 5.32 Å². The largest absolute Gasteiger partial charge is 0.497 e. The van der Waals surface area contributed by atoms with Crippen LogP contribution in [0.1, 0.15) is 17.3 Å². The van der Waals surface area contributed by atoms with Crippen molar-refractivity contribution in [3.63, 3.8) is 0 Å². The summed E-state index contributed by atoms with van der Waals surface area (Å²) < 4.78 is 5.09. The first-order chi connectivity index (χ1) is 12.1. The second-order valence-corrected chi connectivity index (χ2v) is 5.11. The number of hydrogen-bond acceptors (Lipinski definition) is 3. The van der Waals surface area contributed by atoms with E-state index >= 15 is 0 Å². The Balaban J connectivity index is 2.13. The lowest BCUT2D eigenvalue weighted by molar-refractivity contribution is -0.113. The van der Waals surface area contributed by atoms with Crippen LogP contribution in [0.15, 0.2) is 78.5 Å². The van der Waals surface area contributed by atoms with Crippen molar-refractivity contribution in [3.05, 3.63) is 84.1 Å². The normalized spacial score (nSPS) is 11.2. The molecule has 0 spiro atoms. The van der Waals surface area contributed by atoms with Crippen LogP contribution in [-0.2, 0) is 4.79 Å². The number of methoxy groups -OCH3 is 1. The molecule has 25 heavy (non-hydrogen) atoms. The first kappa shape index (κ1) is 18.0. The van der Waals surface area contributed by atoms with Gasteiger partial charge in [-0.15, -0.1) is 0 Å². The summed E-state index contributed by atoms with van der Waals surface area (Å²) in [6.45, 7) is 1.83. The van der Waals surface area contributed by atoms with Crippen LogP contribution in [-0.4, -0.2) is 18.9 Å². The van der Waals surface area contributed by atoms with Crippen LogP contribution in [0.5, 0.6) is 5.75 Å². The van der Waals surface area contributed by atoms with E-state index in [1.807, 2.05) is 13.0 Å². The van der Waals surface area contributed by atoms with E-state index in [0.717, 1.165) is 0 Å². The van der Waals surface area contributed by atoms with E-state index < -0.39 is 5.91 Å². The number of amides is 2. The van der Waals surface area contributed by atoms with Gasteiger partial charge >= 0.3 is 0 Å². The van der Waals surface area contributed by atoms with Crippen molar-refractivity contribution >= 4 is 17.5 Å². The SMILES string of the molecule is C/C=C\C=C(/NC(=O)c1ccccc1)C(=O)Nc1ccc(OC)cc1. The molecule has 0 heterocycles. The Labute approximate surface area is 147 Å². The van der Waals surface area contributed by atoms with Gasteiger partial charge in [-0.3, -0.25) is 9.59 Å². The minimum atomic E-state index is -0.410. The Morgan fingerprint density at radius 2 is 1.68 bits per heavy atom. The molecule has 0 aliphatic heterocycles. The molecule has 0 aliphatic rings. The van der Waals surface area contributed by atoms with Gasteiger partial charge in [-0.25, -0.2) is 0 Å². The quantitative estimate of drug-likeness (QED) is 0.626. The van der Waals surface area contributed by atoms with Gasteiger partial charge in [0.1, 0.15) is 11.4 Å². The molecule has 2 aromatic carbocycles. The summed E-state index contributed by atoms with van der Waals surface area (Å²) in [7, 11) is 1.57. The highest BCUT2D eigenvalue weighted by atomic mass is 16.5. The molecule has 0 bridgehead atoms. The van der Waals surface area contributed by atoms with Gasteiger partial charge in [0.15, 0.2) is 0 Å². The van der Waals surface area contributed by atoms with Crippen LogP contribution in [0.3, 0.4) is 0 Å². The number of anilines is 1. The second kappa shape index (κ2) is 9.08. The monoisotopic (exact) mass is 336 g/mol. The molecule has 0 radical (unpaired) electrons. The van der Waals surface area contributed by atoms with Crippen LogP contribution in [0, 0.1) is 0 Å². The predicted octanol–water partition coefficient (Wildman–Crippen LogP) is 3.52. The molecule has 2 aromatic rings. The lowest BCUT2D eigenvalue weighted by atomic mass is 10.2. The van der Waals surface area contributed by atoms with Crippen molar-refractivity contribution < 1.29 is 14.3 Å². The van der Waals surface area contributed by atoms with E-state index in [2.05, 4.69) is 10.6 Å². The number of ether oxygens (including phenoxy) is 1. The second-order valence-electron chi connectivity index (χ2n) is 5.11. The molecule has 5 heteroatoms. The standard InChI is InChI=1S/C20H20N2O3/c1-3-4-10-18(22-19(23)15-8-6-5-7-9-15)20(24)21-16-11-13-17(25-2)14-12-16/h3-14H,1-2H3,(H,21,24)(H,22,23)/b4-3-,18-10-. The summed E-state index contributed by atoms with van der Waals surface area (Å²) in [6.07, 6.45) is 5.02. The fourth-order valence-electron chi connectivity index (χ4n) is 2.02. The number of carbonyl (C=O) groups is 2. The molecule has 0 saturated carbocycles. The third-order valence-electron chi connectivity index (χ3n) is 3.33. The van der Waals surface area contributed by atoms with Gasteiger partial charge in [0, 0.05) is 11.3 Å². The van der Waals surface area contributed by atoms with Crippen LogP contribution in [0.4, 0.5) is 5.69 Å². The molecular weight excluding hydrogens is 316 g/mol. The van der Waals surface area contributed by atoms with Gasteiger partial charge in [-0.2, -0.15) is 0 Å². The minimum Gasteiger partial charge on any atom is -0.497 e. The number of benzene rings is 2. The molecule has 0 fully saturated rings. The number of allylic oxidation sites excluding steroid dienone is 3. The highest BCUT2D eigenvalue weighted by molar-refractivity contribution is 6.08. The van der Waals surface area contributed by atoms with Crippen molar-refractivity contribution in [2.75, 3.05) is 12.4 Å². The predicted molar refractivity (Wildman–Crippen MR) is 98.4 cm³/mol. The summed E-state index contributed by atoms with van der Waals surface area (Å²) in [5, 5.41) is 5.39. The highest BCUT2D eigenvalue weighted by Gasteiger charge is 2.14. The Hall–Kier alpha value is -3.34. The Bertz CT molecular complexity index is 778. The molecule has 128 valence electrons. The van der Waals surface area contributed by atoms with Gasteiger partial charge < -0.3 is 15.4 Å². The summed E-state index contributed by atoms with van der Waals surface area (Å²) in [5.74, 6) is -0.0613. The first-order valence-corrected chi connectivity index (χ1v) is 7.79. The molecule has 0 saturated heterocycles. The number of rotatable bonds is 6. The molecule has 5 nitrogen and oxygen atoms in total. The average Bonchev–Trinajstić information content (AvgIpc) is 2.66. The van der Waals surface area contributed by atoms with Crippen molar-refractivity contribution in [1.29, 1.82) is 0 Å². The van der Waals surface area contributed by atoms with E-state index in [9.17, 15) is 9.59 Å². The maximum Gasteiger partial charge on any atom is 0.272 e. The van der Waals surface area contributed by atoms with E-state index in [1.165, 1.54) is 0 Å². The fourth-order valence-corrected chi connectivity index (χ4v) is 2.02. The Morgan fingerprint density at radius 1 is 1.00 bits per heavy atom. The molecule has 2 rings (SSSR count). The minimum absolute atomic E-state index is 0.155. The Kier molecular flexibility index (Phi) is 6.54. The third-order valence-corrected chi connectivity index (χ3v) is 3.33. The topological polar surface area (TPSA) is 67.4 Å². The van der Waals surface area contributed by atoms with E-state index in [0.29, 0.717) is 17.0 Å². The van der Waals surface area contributed by atoms with E-state index in [4.69, 9.17) is 4.74 Å². The van der Waals surface area contributed by atoms with Crippen molar-refractivity contribution in [3.8, 4) is 5.75 Å². The zero-order valence-electron chi connectivity index (χ0n) is 14.2. The molecular formula is C20H20N2O3. The molecule has 2 N–H and O–H groups in total. The summed E-state index contributed by atoms with van der Waals surface area (Å²) in [6, 6.07) is 15.7. The third kappa shape index (κ3) is 5.35. The zero-order valence-corrected chi connectivity index (χ0v) is 14.2. The lowest BCUT2D eigenvalue weighted by Gasteiger charge is -2.11. The maximum atomic E-state index is 12.5. The van der Waals surface area contributed by atoms with Gasteiger partial charge in [0.2, 0.25) is 0 Å². The summed E-state index contributed by atoms with van der Waals surface area (Å²) in [5.41, 5.74) is 1.24. The van der Waals surface area contributed by atoms with Gasteiger partial charge in [-0.1, -0.05) is 30.4 Å². The van der Waals surface area contributed by atoms with Gasteiger partial charge in [-0.05, 0) is 49.4 Å². The van der Waals surface area contributed by atoms with Crippen LogP contribution >= 0.6 is 0 Å². The zero-order chi connectivity index (χ0) is 18.1. The number of nitrogens with one attached hydrogen (secondary N) is 2. The smallest absolute Gasteiger partial charge is 0.272 e. The van der Waals surface area contributed by atoms with Crippen LogP contribution in [0.25, 0.3) is 0 Å². The van der Waals surface area contributed by atoms with Gasteiger partial charge in [0.05, 0.1) is 7.11 Å². The molecule has 0 atom stereocenters. The van der Waals surface area contributed by atoms with Crippen LogP contribution in [0.2, 0.25) is 0 Å². The number of carbonyl (C=O) groups excluding carboxylic acids is 2. The van der Waals surface area contributed by atoms with Gasteiger partial charge in [0.25, 0.3) is 11.8 Å². The average molecular weight is 336 g/mol. The summed E-state index contributed by atoms with van der Waals surface area (Å²) >= 11 is 0. The highest BCUT2D eigenvalue weighted by Crippen LogP contribution is 2.15. The number of hydrogen-bond donors (Lipinski definition) is 2. The molecule has 0 unspecified atom stereocenters. The van der Waals surface area contributed by atoms with E-state index in [1.54, 1.807) is 73.9 Å². The summed E-state index contributed by atoms with van der Waals surface area (Å²) in [4.78, 5) is 24.8. The first-order valence-electron chi connectivity index (χ1n) is 7.79. The molecule has 0 aromatic heterocycles. The van der Waals surface area contributed by atoms with E-state index in [-0.39, 0.29) is 11.6 Å². The maximum absolute atomic E-state index is 12.5. The Morgan fingerprint density at radius 3 is 2.28 bits per heavy atom. The molecule has 0 aliphatic carbocycles. The van der Waals surface area contributed by atoms with Crippen LogP contribution < -0.4 is 15.4 Å². The van der Waals surface area contributed by atoms with Crippen molar-refractivity contribution in [2.45, 2.75) is 6.92 Å².